The number of hydrogen-bond acceptors (Lipinski definition) is 3. The fourth-order valence-electron chi connectivity index (χ4n) is 1.60. The molecule has 2 aromatic rings. The van der Waals surface area contributed by atoms with Crippen molar-refractivity contribution in [1.29, 1.82) is 0 Å². The summed E-state index contributed by atoms with van der Waals surface area (Å²) in [4.78, 5) is 19.3. The van der Waals surface area contributed by atoms with Gasteiger partial charge in [-0.25, -0.2) is 9.97 Å². The number of nitrogens with two attached hydrogens (primary N) is 1. The standard InChI is InChI=1S/C12H11N3O/c13-12(16)11(9-4-2-1-3-5-9)10-6-7-14-8-15-10/h1-8,11H,(H2,13,16). The molecule has 4 nitrogen and oxygen atoms in total. The van der Waals surface area contributed by atoms with Gasteiger partial charge in [0.05, 0.1) is 5.69 Å². The summed E-state index contributed by atoms with van der Waals surface area (Å²) in [5.41, 5.74) is 6.86. The zero-order valence-corrected chi connectivity index (χ0v) is 8.58. The van der Waals surface area contributed by atoms with Gasteiger partial charge in [-0.3, -0.25) is 4.79 Å². The molecule has 1 atom stereocenters. The average Bonchev–Trinajstić information content (AvgIpc) is 2.31. The molecule has 0 bridgehead atoms. The zero-order chi connectivity index (χ0) is 11.4. The minimum absolute atomic E-state index is 0.412. The number of carbonyl (C=O) groups is 1. The Hall–Kier alpha value is -2.23. The SMILES string of the molecule is NC(=O)C(c1ccccc1)c1ccncn1. The molecule has 1 aromatic heterocycles. The van der Waals surface area contributed by atoms with E-state index < -0.39 is 11.8 Å². The minimum Gasteiger partial charge on any atom is -0.369 e. The van der Waals surface area contributed by atoms with Gasteiger partial charge in [0.2, 0.25) is 5.91 Å². The van der Waals surface area contributed by atoms with Crippen LogP contribution in [0.5, 0.6) is 0 Å². The molecule has 2 rings (SSSR count). The predicted octanol–water partition coefficient (Wildman–Crippen LogP) is 1.09. The van der Waals surface area contributed by atoms with Gasteiger partial charge in [-0.2, -0.15) is 0 Å². The molecule has 0 aliphatic heterocycles. The number of primary amides is 1. The van der Waals surface area contributed by atoms with Gasteiger partial charge in [-0.05, 0) is 11.6 Å². The highest BCUT2D eigenvalue weighted by Crippen LogP contribution is 2.21. The Kier molecular flexibility index (Phi) is 2.91. The quantitative estimate of drug-likeness (QED) is 0.829. The minimum atomic E-state index is -0.510. The lowest BCUT2D eigenvalue weighted by Crippen LogP contribution is -2.23. The van der Waals surface area contributed by atoms with E-state index >= 15 is 0 Å². The van der Waals surface area contributed by atoms with Crippen LogP contribution in [0.3, 0.4) is 0 Å². The fourth-order valence-corrected chi connectivity index (χ4v) is 1.60. The van der Waals surface area contributed by atoms with Crippen LogP contribution in [-0.2, 0) is 4.79 Å². The number of carbonyl (C=O) groups excluding carboxylic acids is 1. The third kappa shape index (κ3) is 2.06. The molecule has 0 saturated carbocycles. The summed E-state index contributed by atoms with van der Waals surface area (Å²) in [5, 5.41) is 0. The van der Waals surface area contributed by atoms with Crippen molar-refractivity contribution < 1.29 is 4.79 Å². The Labute approximate surface area is 93.2 Å². The van der Waals surface area contributed by atoms with Crippen LogP contribution in [0.4, 0.5) is 0 Å². The van der Waals surface area contributed by atoms with Crippen LogP contribution in [0.15, 0.2) is 48.9 Å². The smallest absolute Gasteiger partial charge is 0.231 e. The van der Waals surface area contributed by atoms with Gasteiger partial charge in [0.15, 0.2) is 0 Å². The van der Waals surface area contributed by atoms with Gasteiger partial charge in [0, 0.05) is 6.20 Å². The second-order valence-electron chi connectivity index (χ2n) is 3.38. The highest BCUT2D eigenvalue weighted by molar-refractivity contribution is 5.85. The van der Waals surface area contributed by atoms with Gasteiger partial charge in [-0.15, -0.1) is 0 Å². The van der Waals surface area contributed by atoms with Crippen LogP contribution in [-0.4, -0.2) is 15.9 Å². The highest BCUT2D eigenvalue weighted by atomic mass is 16.1. The summed E-state index contributed by atoms with van der Waals surface area (Å²) < 4.78 is 0. The van der Waals surface area contributed by atoms with Crippen LogP contribution in [0, 0.1) is 0 Å². The summed E-state index contributed by atoms with van der Waals surface area (Å²) >= 11 is 0. The Bertz CT molecular complexity index is 431. The van der Waals surface area contributed by atoms with E-state index in [1.165, 1.54) is 6.33 Å². The number of rotatable bonds is 3. The van der Waals surface area contributed by atoms with Crippen LogP contribution in [0.25, 0.3) is 0 Å². The first-order chi connectivity index (χ1) is 7.79. The maximum absolute atomic E-state index is 11.5. The maximum Gasteiger partial charge on any atom is 0.231 e. The Morgan fingerprint density at radius 2 is 1.94 bits per heavy atom. The lowest BCUT2D eigenvalue weighted by Gasteiger charge is -2.12. The monoisotopic (exact) mass is 213 g/mol. The first kappa shape index (κ1) is 10.3. The fraction of sp³-hybridized carbons (Fsp3) is 0.0833. The van der Waals surface area contributed by atoms with Crippen LogP contribution in [0.1, 0.15) is 17.2 Å². The lowest BCUT2D eigenvalue weighted by molar-refractivity contribution is -0.118. The van der Waals surface area contributed by atoms with E-state index in [0.29, 0.717) is 5.69 Å². The molecule has 1 amide bonds. The van der Waals surface area contributed by atoms with E-state index in [0.717, 1.165) is 5.56 Å². The normalized spacial score (nSPS) is 12.0. The summed E-state index contributed by atoms with van der Waals surface area (Å²) in [5.74, 6) is -0.922. The van der Waals surface area contributed by atoms with Crippen LogP contribution < -0.4 is 5.73 Å². The molecule has 0 radical (unpaired) electrons. The molecule has 1 aromatic carbocycles. The average molecular weight is 213 g/mol. The number of hydrogen-bond donors (Lipinski definition) is 1. The molecule has 0 aliphatic carbocycles. The molecule has 1 heterocycles. The van der Waals surface area contributed by atoms with Crippen molar-refractivity contribution in [2.45, 2.75) is 5.92 Å². The van der Waals surface area contributed by atoms with E-state index in [9.17, 15) is 4.79 Å². The van der Waals surface area contributed by atoms with Crippen molar-refractivity contribution in [1.82, 2.24) is 9.97 Å². The molecular formula is C12H11N3O. The number of nitrogens with zero attached hydrogens (tertiary/aromatic N) is 2. The molecule has 2 N–H and O–H groups in total. The Morgan fingerprint density at radius 3 is 2.50 bits per heavy atom. The first-order valence-electron chi connectivity index (χ1n) is 4.89. The van der Waals surface area contributed by atoms with Crippen molar-refractivity contribution in [2.75, 3.05) is 0 Å². The number of benzene rings is 1. The molecule has 16 heavy (non-hydrogen) atoms. The van der Waals surface area contributed by atoms with E-state index in [4.69, 9.17) is 5.73 Å². The first-order valence-corrected chi connectivity index (χ1v) is 4.89. The summed E-state index contributed by atoms with van der Waals surface area (Å²) in [7, 11) is 0. The maximum atomic E-state index is 11.5. The second kappa shape index (κ2) is 4.53. The topological polar surface area (TPSA) is 68.9 Å². The van der Waals surface area contributed by atoms with Crippen LogP contribution >= 0.6 is 0 Å². The summed E-state index contributed by atoms with van der Waals surface area (Å²) in [6.07, 6.45) is 3.01. The van der Waals surface area contributed by atoms with Crippen molar-refractivity contribution >= 4 is 5.91 Å². The third-order valence-electron chi connectivity index (χ3n) is 2.32. The molecular weight excluding hydrogens is 202 g/mol. The van der Waals surface area contributed by atoms with E-state index in [1.807, 2.05) is 30.3 Å². The van der Waals surface area contributed by atoms with Crippen molar-refractivity contribution in [3.63, 3.8) is 0 Å². The van der Waals surface area contributed by atoms with Gasteiger partial charge in [0.25, 0.3) is 0 Å². The van der Waals surface area contributed by atoms with Crippen molar-refractivity contribution in [3.05, 3.63) is 60.2 Å². The number of aromatic nitrogens is 2. The van der Waals surface area contributed by atoms with Gasteiger partial charge >= 0.3 is 0 Å². The summed E-state index contributed by atoms with van der Waals surface area (Å²) in [6.45, 7) is 0. The third-order valence-corrected chi connectivity index (χ3v) is 2.32. The number of amides is 1. The molecule has 0 saturated heterocycles. The Morgan fingerprint density at radius 1 is 1.19 bits per heavy atom. The van der Waals surface area contributed by atoms with Gasteiger partial charge in [0.1, 0.15) is 12.2 Å². The molecule has 0 spiro atoms. The summed E-state index contributed by atoms with van der Waals surface area (Å²) in [6, 6.07) is 11.0. The molecule has 80 valence electrons. The van der Waals surface area contributed by atoms with Crippen LogP contribution in [0.2, 0.25) is 0 Å². The highest BCUT2D eigenvalue weighted by Gasteiger charge is 2.20. The molecule has 4 heteroatoms. The van der Waals surface area contributed by atoms with Crippen molar-refractivity contribution in [2.24, 2.45) is 5.73 Å². The van der Waals surface area contributed by atoms with Gasteiger partial charge in [-0.1, -0.05) is 30.3 Å². The molecule has 1 unspecified atom stereocenters. The largest absolute Gasteiger partial charge is 0.369 e. The van der Waals surface area contributed by atoms with Crippen molar-refractivity contribution in [3.8, 4) is 0 Å². The van der Waals surface area contributed by atoms with E-state index in [1.54, 1.807) is 12.3 Å². The predicted molar refractivity (Wildman–Crippen MR) is 59.5 cm³/mol. The zero-order valence-electron chi connectivity index (χ0n) is 8.58. The van der Waals surface area contributed by atoms with E-state index in [2.05, 4.69) is 9.97 Å². The van der Waals surface area contributed by atoms with E-state index in [-0.39, 0.29) is 0 Å². The second-order valence-corrected chi connectivity index (χ2v) is 3.38. The lowest BCUT2D eigenvalue weighted by atomic mass is 9.95. The molecule has 0 aliphatic rings. The van der Waals surface area contributed by atoms with Gasteiger partial charge < -0.3 is 5.73 Å². The Balaban J connectivity index is 2.44. The molecule has 0 fully saturated rings.